The van der Waals surface area contributed by atoms with Gasteiger partial charge in [0.25, 0.3) is 0 Å². The lowest BCUT2D eigenvalue weighted by Crippen LogP contribution is -2.27. The fourth-order valence-corrected chi connectivity index (χ4v) is 5.34. The smallest absolute Gasteiger partial charge is 0.313 e. The highest BCUT2D eigenvalue weighted by atomic mass is 16.5. The second-order valence-corrected chi connectivity index (χ2v) is 9.53. The Kier molecular flexibility index (Phi) is 6.32. The van der Waals surface area contributed by atoms with Gasteiger partial charge in [-0.2, -0.15) is 0 Å². The van der Waals surface area contributed by atoms with Gasteiger partial charge in [0.2, 0.25) is 5.91 Å². The maximum Gasteiger partial charge on any atom is 0.313 e. The highest BCUT2D eigenvalue weighted by Gasteiger charge is 2.75. The first kappa shape index (κ1) is 23.7. The first-order chi connectivity index (χ1) is 16.2. The Balaban J connectivity index is 1.49. The van der Waals surface area contributed by atoms with E-state index in [4.69, 9.17) is 14.7 Å². The van der Waals surface area contributed by atoms with Crippen molar-refractivity contribution in [1.82, 2.24) is 10.5 Å². The lowest BCUT2D eigenvalue weighted by Gasteiger charge is -2.18. The molecule has 178 valence electrons. The van der Waals surface area contributed by atoms with E-state index in [0.29, 0.717) is 13.0 Å². The zero-order chi connectivity index (χ0) is 24.5. The zero-order valence-corrected chi connectivity index (χ0v) is 19.9. The normalized spacial score (nSPS) is 20.6. The SMILES string of the molecule is COC(=O)[C@]1(Cc2ccc(OCc3cc(C)nc4ccccc34)cc2)[C@H](CC(=O)NO)C1(C)C. The first-order valence-electron chi connectivity index (χ1n) is 11.3. The van der Waals surface area contributed by atoms with Crippen LogP contribution in [0.3, 0.4) is 0 Å². The molecule has 0 saturated heterocycles. The molecule has 1 aliphatic rings. The van der Waals surface area contributed by atoms with E-state index < -0.39 is 16.7 Å². The lowest BCUT2D eigenvalue weighted by atomic mass is 9.88. The van der Waals surface area contributed by atoms with Crippen LogP contribution in [0.4, 0.5) is 0 Å². The van der Waals surface area contributed by atoms with Gasteiger partial charge in [-0.3, -0.25) is 19.8 Å². The third kappa shape index (κ3) is 4.12. The minimum Gasteiger partial charge on any atom is -0.489 e. The molecule has 0 bridgehead atoms. The zero-order valence-electron chi connectivity index (χ0n) is 19.9. The van der Waals surface area contributed by atoms with Crippen molar-refractivity contribution in [3.05, 3.63) is 71.4 Å². The summed E-state index contributed by atoms with van der Waals surface area (Å²) in [5, 5.41) is 10.0. The van der Waals surface area contributed by atoms with Gasteiger partial charge in [-0.1, -0.05) is 44.2 Å². The summed E-state index contributed by atoms with van der Waals surface area (Å²) < 4.78 is 11.2. The first-order valence-corrected chi connectivity index (χ1v) is 11.3. The van der Waals surface area contributed by atoms with Crippen LogP contribution >= 0.6 is 0 Å². The maximum atomic E-state index is 12.8. The van der Waals surface area contributed by atoms with E-state index in [1.165, 1.54) is 7.11 Å². The van der Waals surface area contributed by atoms with Crippen LogP contribution in [-0.2, 0) is 27.4 Å². The van der Waals surface area contributed by atoms with E-state index >= 15 is 0 Å². The number of nitrogens with one attached hydrogen (secondary N) is 1. The van der Waals surface area contributed by atoms with Gasteiger partial charge in [0.1, 0.15) is 12.4 Å². The van der Waals surface area contributed by atoms with E-state index in [1.807, 2.05) is 75.4 Å². The predicted molar refractivity (Wildman–Crippen MR) is 127 cm³/mol. The second-order valence-electron chi connectivity index (χ2n) is 9.53. The van der Waals surface area contributed by atoms with Gasteiger partial charge in [0.05, 0.1) is 18.0 Å². The van der Waals surface area contributed by atoms with Crippen molar-refractivity contribution in [3.8, 4) is 5.75 Å². The molecule has 1 amide bonds. The van der Waals surface area contributed by atoms with E-state index in [2.05, 4.69) is 4.98 Å². The van der Waals surface area contributed by atoms with Crippen LogP contribution in [0.25, 0.3) is 10.9 Å². The van der Waals surface area contributed by atoms with Gasteiger partial charge in [-0.15, -0.1) is 0 Å². The third-order valence-corrected chi connectivity index (χ3v) is 7.33. The quantitative estimate of drug-likeness (QED) is 0.293. The molecule has 1 heterocycles. The van der Waals surface area contributed by atoms with Crippen LogP contribution in [0.2, 0.25) is 0 Å². The molecule has 1 saturated carbocycles. The number of carbonyl (C=O) groups excluding carboxylic acids is 2. The van der Waals surface area contributed by atoms with Crippen molar-refractivity contribution in [3.63, 3.8) is 0 Å². The molecule has 1 aromatic heterocycles. The van der Waals surface area contributed by atoms with Gasteiger partial charge in [-0.25, -0.2) is 5.48 Å². The number of ether oxygens (including phenoxy) is 2. The molecule has 7 heteroatoms. The van der Waals surface area contributed by atoms with E-state index in [0.717, 1.165) is 33.5 Å². The number of hydroxylamine groups is 1. The average molecular weight is 463 g/mol. The molecule has 2 atom stereocenters. The molecule has 0 unspecified atom stereocenters. The number of hydrogen-bond donors (Lipinski definition) is 2. The van der Waals surface area contributed by atoms with Gasteiger partial charge in [-0.05, 0) is 54.5 Å². The van der Waals surface area contributed by atoms with Crippen LogP contribution in [0.5, 0.6) is 5.75 Å². The Labute approximate surface area is 199 Å². The number of para-hydroxylation sites is 1. The number of amides is 1. The number of benzene rings is 2. The number of fused-ring (bicyclic) bond motifs is 1. The molecule has 0 aliphatic heterocycles. The third-order valence-electron chi connectivity index (χ3n) is 7.33. The number of pyridine rings is 1. The fourth-order valence-electron chi connectivity index (χ4n) is 5.34. The summed E-state index contributed by atoms with van der Waals surface area (Å²) in [6, 6.07) is 17.7. The number of esters is 1. The predicted octanol–water partition coefficient (Wildman–Crippen LogP) is 4.38. The van der Waals surface area contributed by atoms with Gasteiger partial charge in [0, 0.05) is 23.1 Å². The Hall–Kier alpha value is -3.45. The minimum absolute atomic E-state index is 0.0547. The molecule has 4 rings (SSSR count). The Morgan fingerprint density at radius 2 is 1.82 bits per heavy atom. The maximum absolute atomic E-state index is 12.8. The largest absolute Gasteiger partial charge is 0.489 e. The molecule has 2 N–H and O–H groups in total. The molecule has 0 spiro atoms. The van der Waals surface area contributed by atoms with Gasteiger partial charge >= 0.3 is 5.97 Å². The minimum atomic E-state index is -0.829. The van der Waals surface area contributed by atoms with Crippen molar-refractivity contribution < 1.29 is 24.3 Å². The van der Waals surface area contributed by atoms with Crippen LogP contribution in [0, 0.1) is 23.7 Å². The Morgan fingerprint density at radius 1 is 1.12 bits per heavy atom. The highest BCUT2D eigenvalue weighted by molar-refractivity contribution is 5.86. The molecular weight excluding hydrogens is 432 g/mol. The molecule has 3 aromatic rings. The highest BCUT2D eigenvalue weighted by Crippen LogP contribution is 2.72. The van der Waals surface area contributed by atoms with Crippen LogP contribution in [0.1, 0.15) is 37.1 Å². The summed E-state index contributed by atoms with van der Waals surface area (Å²) >= 11 is 0. The molecule has 1 fully saturated rings. The number of hydrogen-bond acceptors (Lipinski definition) is 6. The number of nitrogens with zero attached hydrogens (tertiary/aromatic N) is 1. The number of aryl methyl sites for hydroxylation is 1. The summed E-state index contributed by atoms with van der Waals surface area (Å²) in [5.41, 5.74) is 4.30. The molecule has 1 aliphatic carbocycles. The van der Waals surface area contributed by atoms with Crippen molar-refractivity contribution in [2.24, 2.45) is 16.7 Å². The van der Waals surface area contributed by atoms with Crippen molar-refractivity contribution >= 4 is 22.8 Å². The number of aromatic nitrogens is 1. The molecule has 34 heavy (non-hydrogen) atoms. The van der Waals surface area contributed by atoms with Gasteiger partial charge in [0.15, 0.2) is 0 Å². The Bertz CT molecular complexity index is 1220. The van der Waals surface area contributed by atoms with E-state index in [1.54, 1.807) is 5.48 Å². The lowest BCUT2D eigenvalue weighted by molar-refractivity contribution is -0.149. The van der Waals surface area contributed by atoms with Crippen molar-refractivity contribution in [2.45, 2.75) is 40.2 Å². The number of rotatable bonds is 8. The summed E-state index contributed by atoms with van der Waals surface area (Å²) in [4.78, 5) is 29.2. The summed E-state index contributed by atoms with van der Waals surface area (Å²) in [6.45, 7) is 6.30. The fraction of sp³-hybridized carbons (Fsp3) is 0.370. The number of carbonyl (C=O) groups is 2. The molecular formula is C27H30N2O5. The van der Waals surface area contributed by atoms with E-state index in [9.17, 15) is 9.59 Å². The van der Waals surface area contributed by atoms with Crippen LogP contribution in [-0.4, -0.2) is 29.2 Å². The second kappa shape index (κ2) is 9.06. The number of methoxy groups -OCH3 is 1. The monoisotopic (exact) mass is 462 g/mol. The van der Waals surface area contributed by atoms with Gasteiger partial charge < -0.3 is 9.47 Å². The molecule has 2 aromatic carbocycles. The molecule has 7 nitrogen and oxygen atoms in total. The Morgan fingerprint density at radius 3 is 2.50 bits per heavy atom. The van der Waals surface area contributed by atoms with Crippen LogP contribution < -0.4 is 10.2 Å². The average Bonchev–Trinajstić information content (AvgIpc) is 3.30. The van der Waals surface area contributed by atoms with E-state index in [-0.39, 0.29) is 18.3 Å². The molecule has 0 radical (unpaired) electrons. The van der Waals surface area contributed by atoms with Crippen molar-refractivity contribution in [2.75, 3.05) is 7.11 Å². The standard InChI is InChI=1S/C27H30N2O5/c1-17-13-19(21-7-5-6-8-22(21)28-17)16-34-20-11-9-18(10-12-20)15-27(25(31)33-4)23(26(27,2)3)14-24(30)29-32/h5-13,23,32H,14-16H2,1-4H3,(H,29,30)/t23-,27+/m1/s1. The summed E-state index contributed by atoms with van der Waals surface area (Å²) in [7, 11) is 1.36. The topological polar surface area (TPSA) is 97.8 Å². The summed E-state index contributed by atoms with van der Waals surface area (Å²) in [5.74, 6) is -0.362. The van der Waals surface area contributed by atoms with Crippen LogP contribution in [0.15, 0.2) is 54.6 Å². The van der Waals surface area contributed by atoms with Crippen molar-refractivity contribution in [1.29, 1.82) is 0 Å². The summed E-state index contributed by atoms with van der Waals surface area (Å²) in [6.07, 6.45) is 0.490.